The maximum atomic E-state index is 10.6. The van der Waals surface area contributed by atoms with E-state index < -0.39 is 4.92 Å². The minimum atomic E-state index is -0.412. The van der Waals surface area contributed by atoms with Crippen LogP contribution in [0.25, 0.3) is 11.1 Å². The van der Waals surface area contributed by atoms with Crippen molar-refractivity contribution in [2.24, 2.45) is 4.99 Å². The van der Waals surface area contributed by atoms with E-state index in [1.165, 1.54) is 12.1 Å². The minimum absolute atomic E-state index is 0.0771. The Labute approximate surface area is 133 Å². The van der Waals surface area contributed by atoms with E-state index in [0.29, 0.717) is 0 Å². The fourth-order valence-corrected chi connectivity index (χ4v) is 2.23. The molecule has 4 nitrogen and oxygen atoms in total. The minimum Gasteiger partial charge on any atom is -0.258 e. The molecule has 0 amide bonds. The van der Waals surface area contributed by atoms with Crippen LogP contribution in [0.2, 0.25) is 0 Å². The molecule has 112 valence electrons. The third kappa shape index (κ3) is 3.68. The molecule has 0 N–H and O–H groups in total. The van der Waals surface area contributed by atoms with Crippen molar-refractivity contribution in [3.05, 3.63) is 94.5 Å². The van der Waals surface area contributed by atoms with E-state index in [9.17, 15) is 10.1 Å². The summed E-state index contributed by atoms with van der Waals surface area (Å²) in [5.74, 6) is 0. The largest absolute Gasteiger partial charge is 0.269 e. The molecule has 0 fully saturated rings. The van der Waals surface area contributed by atoms with Crippen LogP contribution in [0.15, 0.2) is 83.9 Å². The Bertz CT molecular complexity index is 841. The van der Waals surface area contributed by atoms with Gasteiger partial charge in [0.1, 0.15) is 0 Å². The molecular weight excluding hydrogens is 288 g/mol. The van der Waals surface area contributed by atoms with Crippen LogP contribution >= 0.6 is 0 Å². The second kappa shape index (κ2) is 6.66. The van der Waals surface area contributed by atoms with Crippen LogP contribution in [-0.4, -0.2) is 11.1 Å². The summed E-state index contributed by atoms with van der Waals surface area (Å²) < 4.78 is 0. The van der Waals surface area contributed by atoms with Crippen molar-refractivity contribution in [3.8, 4) is 11.1 Å². The molecule has 0 heterocycles. The molecule has 0 saturated heterocycles. The molecule has 0 atom stereocenters. The lowest BCUT2D eigenvalue weighted by molar-refractivity contribution is -0.384. The number of rotatable bonds is 4. The molecule has 23 heavy (non-hydrogen) atoms. The zero-order chi connectivity index (χ0) is 16.1. The molecule has 0 spiro atoms. The first-order valence-electron chi connectivity index (χ1n) is 7.16. The molecule has 3 rings (SSSR count). The summed E-state index contributed by atoms with van der Waals surface area (Å²) in [7, 11) is 0. The van der Waals surface area contributed by atoms with Gasteiger partial charge < -0.3 is 0 Å². The average Bonchev–Trinajstić information content (AvgIpc) is 2.61. The van der Waals surface area contributed by atoms with Crippen LogP contribution in [0.5, 0.6) is 0 Å². The average molecular weight is 302 g/mol. The molecule has 0 unspecified atom stereocenters. The number of non-ortho nitro benzene ring substituents is 1. The molecule has 0 aromatic heterocycles. The molecule has 0 aliphatic carbocycles. The van der Waals surface area contributed by atoms with Gasteiger partial charge in [0, 0.05) is 18.3 Å². The molecule has 0 aliphatic rings. The van der Waals surface area contributed by atoms with Crippen LogP contribution in [0.4, 0.5) is 11.4 Å². The summed E-state index contributed by atoms with van der Waals surface area (Å²) >= 11 is 0. The standard InChI is InChI=1S/C19H14N2O2/c22-21(23)19-11-9-15(10-12-19)14-20-18-8-4-7-17(13-18)16-5-2-1-3-6-16/h1-14H. The molecule has 3 aromatic rings. The summed E-state index contributed by atoms with van der Waals surface area (Å²) in [6, 6.07) is 24.4. The van der Waals surface area contributed by atoms with Gasteiger partial charge in [0.25, 0.3) is 5.69 Å². The maximum Gasteiger partial charge on any atom is 0.269 e. The number of aliphatic imine (C=N–C) groups is 1. The van der Waals surface area contributed by atoms with Gasteiger partial charge in [-0.1, -0.05) is 42.5 Å². The lowest BCUT2D eigenvalue weighted by Gasteiger charge is -2.02. The molecule has 0 radical (unpaired) electrons. The summed E-state index contributed by atoms with van der Waals surface area (Å²) in [6.07, 6.45) is 1.70. The fourth-order valence-electron chi connectivity index (χ4n) is 2.23. The predicted molar refractivity (Wildman–Crippen MR) is 92.2 cm³/mol. The van der Waals surface area contributed by atoms with Gasteiger partial charge in [-0.2, -0.15) is 0 Å². The van der Waals surface area contributed by atoms with Gasteiger partial charge in [-0.25, -0.2) is 0 Å². The Balaban J connectivity index is 1.81. The Hall–Kier alpha value is -3.27. The zero-order valence-corrected chi connectivity index (χ0v) is 12.3. The van der Waals surface area contributed by atoms with E-state index >= 15 is 0 Å². The van der Waals surface area contributed by atoms with Gasteiger partial charge in [0.2, 0.25) is 0 Å². The number of hydrogen-bond donors (Lipinski definition) is 0. The van der Waals surface area contributed by atoms with Gasteiger partial charge in [0.05, 0.1) is 10.6 Å². The second-order valence-electron chi connectivity index (χ2n) is 5.02. The topological polar surface area (TPSA) is 55.5 Å². The molecule has 4 heteroatoms. The van der Waals surface area contributed by atoms with Crippen molar-refractivity contribution >= 4 is 17.6 Å². The number of nitro groups is 1. The first-order valence-corrected chi connectivity index (χ1v) is 7.16. The van der Waals surface area contributed by atoms with Gasteiger partial charge >= 0.3 is 0 Å². The zero-order valence-electron chi connectivity index (χ0n) is 12.3. The van der Waals surface area contributed by atoms with Crippen molar-refractivity contribution in [2.45, 2.75) is 0 Å². The van der Waals surface area contributed by atoms with Crippen molar-refractivity contribution in [1.29, 1.82) is 0 Å². The smallest absolute Gasteiger partial charge is 0.258 e. The van der Waals surface area contributed by atoms with Crippen LogP contribution in [0.1, 0.15) is 5.56 Å². The number of nitrogens with zero attached hydrogens (tertiary/aromatic N) is 2. The number of hydrogen-bond acceptors (Lipinski definition) is 3. The Morgan fingerprint density at radius 1 is 0.826 bits per heavy atom. The van der Waals surface area contributed by atoms with Gasteiger partial charge in [-0.3, -0.25) is 15.1 Å². The van der Waals surface area contributed by atoms with E-state index in [1.807, 2.05) is 42.5 Å². The first kappa shape index (κ1) is 14.7. The van der Waals surface area contributed by atoms with E-state index in [4.69, 9.17) is 0 Å². The highest BCUT2D eigenvalue weighted by atomic mass is 16.6. The van der Waals surface area contributed by atoms with Crippen molar-refractivity contribution in [3.63, 3.8) is 0 Å². The van der Waals surface area contributed by atoms with E-state index in [2.05, 4.69) is 17.1 Å². The Morgan fingerprint density at radius 3 is 2.22 bits per heavy atom. The predicted octanol–water partition coefficient (Wildman–Crippen LogP) is 5.01. The van der Waals surface area contributed by atoms with E-state index in [-0.39, 0.29) is 5.69 Å². The third-order valence-corrected chi connectivity index (χ3v) is 3.42. The van der Waals surface area contributed by atoms with E-state index in [1.54, 1.807) is 18.3 Å². The highest BCUT2D eigenvalue weighted by Gasteiger charge is 2.02. The third-order valence-electron chi connectivity index (χ3n) is 3.42. The number of benzene rings is 3. The highest BCUT2D eigenvalue weighted by molar-refractivity contribution is 5.82. The normalized spacial score (nSPS) is 10.8. The SMILES string of the molecule is O=[N+]([O-])c1ccc(C=Nc2cccc(-c3ccccc3)c2)cc1. The maximum absolute atomic E-state index is 10.6. The summed E-state index contributed by atoms with van der Waals surface area (Å²) in [5, 5.41) is 10.6. The quantitative estimate of drug-likeness (QED) is 0.386. The van der Waals surface area contributed by atoms with Crippen molar-refractivity contribution in [2.75, 3.05) is 0 Å². The molecule has 0 aliphatic heterocycles. The lowest BCUT2D eigenvalue weighted by atomic mass is 10.1. The summed E-state index contributed by atoms with van der Waals surface area (Å²) in [6.45, 7) is 0. The van der Waals surface area contributed by atoms with Gasteiger partial charge in [-0.05, 0) is 41.0 Å². The first-order chi connectivity index (χ1) is 11.2. The Kier molecular flexibility index (Phi) is 4.25. The van der Waals surface area contributed by atoms with Gasteiger partial charge in [-0.15, -0.1) is 0 Å². The van der Waals surface area contributed by atoms with Gasteiger partial charge in [0.15, 0.2) is 0 Å². The molecule has 3 aromatic carbocycles. The van der Waals surface area contributed by atoms with Crippen molar-refractivity contribution < 1.29 is 4.92 Å². The summed E-state index contributed by atoms with van der Waals surface area (Å²) in [4.78, 5) is 14.7. The second-order valence-corrected chi connectivity index (χ2v) is 5.02. The van der Waals surface area contributed by atoms with Crippen molar-refractivity contribution in [1.82, 2.24) is 0 Å². The van der Waals surface area contributed by atoms with Crippen LogP contribution in [0, 0.1) is 10.1 Å². The fraction of sp³-hybridized carbons (Fsp3) is 0. The Morgan fingerprint density at radius 2 is 1.52 bits per heavy atom. The highest BCUT2D eigenvalue weighted by Crippen LogP contribution is 2.23. The van der Waals surface area contributed by atoms with Crippen LogP contribution in [-0.2, 0) is 0 Å². The molecule has 0 bridgehead atoms. The molecular formula is C19H14N2O2. The van der Waals surface area contributed by atoms with E-state index in [0.717, 1.165) is 22.4 Å². The van der Waals surface area contributed by atoms with Crippen LogP contribution in [0.3, 0.4) is 0 Å². The number of nitro benzene ring substituents is 1. The lowest BCUT2D eigenvalue weighted by Crippen LogP contribution is -1.88. The molecule has 0 saturated carbocycles. The monoisotopic (exact) mass is 302 g/mol. The summed E-state index contributed by atoms with van der Waals surface area (Å²) in [5.41, 5.74) is 3.97. The van der Waals surface area contributed by atoms with Crippen LogP contribution < -0.4 is 0 Å².